The number of nitrogens with one attached hydrogen (secondary N) is 4. The summed E-state index contributed by atoms with van der Waals surface area (Å²) in [5.74, 6) is -2.49. The molecule has 0 radical (unpaired) electrons. The molecule has 4 aliphatic heterocycles. The third-order valence-corrected chi connectivity index (χ3v) is 23.1. The highest BCUT2D eigenvalue weighted by molar-refractivity contribution is 6.09. The van der Waals surface area contributed by atoms with Crippen LogP contribution in [0.4, 0.5) is 99.6 Å². The van der Waals surface area contributed by atoms with Crippen molar-refractivity contribution in [2.75, 3.05) is 107 Å². The van der Waals surface area contributed by atoms with Crippen molar-refractivity contribution in [1.29, 1.82) is 0 Å². The lowest BCUT2D eigenvalue weighted by Crippen LogP contribution is -2.53. The van der Waals surface area contributed by atoms with Crippen molar-refractivity contribution in [2.45, 2.75) is 161 Å². The quantitative estimate of drug-likeness (QED) is 0.0246. The molecular formula is C95H99F11N16O15. The van der Waals surface area contributed by atoms with E-state index in [1.165, 1.54) is 48.5 Å². The van der Waals surface area contributed by atoms with E-state index in [1.54, 1.807) is 138 Å². The van der Waals surface area contributed by atoms with Gasteiger partial charge in [-0.25, -0.2) is 33.5 Å². The van der Waals surface area contributed by atoms with Crippen LogP contribution in [-0.4, -0.2) is 189 Å². The first kappa shape index (κ1) is 101. The number of aromatic nitrogens is 8. The second kappa shape index (κ2) is 42.2. The predicted molar refractivity (Wildman–Crippen MR) is 487 cm³/mol. The number of nitrogens with zero attached hydrogens (tertiary/aromatic N) is 12. The number of rotatable bonds is 25. The first-order chi connectivity index (χ1) is 65.0. The van der Waals surface area contributed by atoms with Crippen LogP contribution >= 0.6 is 0 Å². The number of hydrogen-bond acceptors (Lipinski definition) is 19. The zero-order valence-electron chi connectivity index (χ0n) is 75.1. The molecule has 0 saturated carbocycles. The van der Waals surface area contributed by atoms with Gasteiger partial charge in [-0.3, -0.25) is 59.7 Å². The number of piperidine rings is 1. The molecule has 726 valence electrons. The van der Waals surface area contributed by atoms with Crippen molar-refractivity contribution in [1.82, 2.24) is 38.2 Å². The summed E-state index contributed by atoms with van der Waals surface area (Å²) in [5, 5.41) is 47.7. The number of benzene rings is 8. The van der Waals surface area contributed by atoms with Gasteiger partial charge in [0.2, 0.25) is 29.7 Å². The summed E-state index contributed by atoms with van der Waals surface area (Å²) in [6.07, 6.45) is -12.4. The molecule has 0 spiro atoms. The number of amides is 8. The summed E-state index contributed by atoms with van der Waals surface area (Å²) >= 11 is 0. The number of halogens is 11. The number of alkyl halides is 11. The van der Waals surface area contributed by atoms with E-state index >= 15 is 0 Å². The highest BCUT2D eigenvalue weighted by Gasteiger charge is 2.42. The minimum Gasteiger partial charge on any atom is -0.449 e. The standard InChI is InChI=1S/2C24H25F3N4O4.C24H26F2N4O4.C23H23F3N4O3/c1-23(2)9-12-35-22(34)31(23)17-7-8-18-19(14-17)30(10-4-11-32)21(28-18)29-20(33)15-5-3-6-16(13-15)24(25,26)27;1-23(2)21(34)30(10-12-35-23)17-7-8-19-18(14-17)28-22(31(19)9-4-11-32)29-20(33)15-5-3-6-16(13-15)24(25,26)27;1-24(2)22(33)29(10-12-34-24)17-7-8-19-18(14-17)27-23(30(19)9-4-11-31)28-21(32)16-6-3-5-15(13-16)20(25)26;24-23(25,26)16-6-3-5-15(13-16)21(33)28-22-27-18-14-17(29-10-2-1-7-20(29)32)8-9-19(18)30(22)11-4-12-31/h2*3,5-8,13-14,32H,4,9-12H2,1-2H3,(H,28,29,33);3,5-8,13-14,20,31H,4,9-12H2,1-2H3,(H,27,28,32);3,5-6,8-9,13-14,31H,1-2,4,7,10-12H2,(H,27,28,33). The van der Waals surface area contributed by atoms with Crippen molar-refractivity contribution in [3.63, 3.8) is 0 Å². The van der Waals surface area contributed by atoms with E-state index in [2.05, 4.69) is 41.2 Å². The third-order valence-electron chi connectivity index (χ3n) is 23.1. The first-order valence-corrected chi connectivity index (χ1v) is 43.8. The Hall–Kier alpha value is -13.8. The number of carbonyl (C=O) groups is 8. The molecule has 0 aliphatic carbocycles. The Morgan fingerprint density at radius 3 is 1.11 bits per heavy atom. The molecule has 4 saturated heterocycles. The van der Waals surface area contributed by atoms with E-state index in [4.69, 9.17) is 14.2 Å². The molecule has 8 amide bonds. The molecule has 8 heterocycles. The lowest BCUT2D eigenvalue weighted by molar-refractivity contribution is -0.145. The Balaban J connectivity index is 0.000000154. The third kappa shape index (κ3) is 23.5. The van der Waals surface area contributed by atoms with Gasteiger partial charge in [-0.15, -0.1) is 0 Å². The summed E-state index contributed by atoms with van der Waals surface area (Å²) in [6.45, 7) is 14.2. The topological polar surface area (TPSA) is 378 Å². The summed E-state index contributed by atoms with van der Waals surface area (Å²) in [4.78, 5) is 126. The molecule has 8 aromatic carbocycles. The monoisotopic (exact) mass is 1910 g/mol. The van der Waals surface area contributed by atoms with Crippen LogP contribution in [0.2, 0.25) is 0 Å². The number of anilines is 8. The molecule has 4 aliphatic rings. The summed E-state index contributed by atoms with van der Waals surface area (Å²) in [6, 6.07) is 38.8. The first-order valence-electron chi connectivity index (χ1n) is 43.8. The maximum Gasteiger partial charge on any atom is 0.416 e. The fourth-order valence-corrected chi connectivity index (χ4v) is 15.9. The van der Waals surface area contributed by atoms with Crippen molar-refractivity contribution in [3.05, 3.63) is 214 Å². The number of imidazole rings is 4. The average Bonchev–Trinajstić information content (AvgIpc) is 1.71. The zero-order chi connectivity index (χ0) is 98.8. The number of cyclic esters (lactones) is 1. The number of hydrogen-bond donors (Lipinski definition) is 8. The molecule has 0 atom stereocenters. The van der Waals surface area contributed by atoms with E-state index in [1.807, 2.05) is 13.8 Å². The fourth-order valence-electron chi connectivity index (χ4n) is 15.9. The SMILES string of the molecule is CC1(C)CCOC(=O)N1c1ccc2nc(NC(=O)c3cccc(C(F)(F)F)c3)n(CCCO)c2c1.CC1(C)OCCN(c2ccc3c(c2)nc(NC(=O)c2cccc(C(F)(F)F)c2)n3CCCO)C1=O.CC1(C)OCCN(c2ccc3c(c2)nc(NC(=O)c2cccc(C(F)F)c2)n3CCCO)C1=O.O=C(Nc1nc2cc(N3CCCCC3=O)ccc2n1CCCO)c1cccc(C(F)(F)F)c1. The molecule has 16 rings (SSSR count). The van der Waals surface area contributed by atoms with Gasteiger partial charge >= 0.3 is 24.6 Å². The van der Waals surface area contributed by atoms with Gasteiger partial charge in [0, 0.05) is 141 Å². The van der Waals surface area contributed by atoms with Crippen LogP contribution in [0, 0.1) is 0 Å². The molecule has 0 unspecified atom stereocenters. The van der Waals surface area contributed by atoms with Gasteiger partial charge < -0.3 is 67.6 Å². The van der Waals surface area contributed by atoms with Crippen LogP contribution in [-0.2, 0) is 73.3 Å². The maximum atomic E-state index is 13.1. The largest absolute Gasteiger partial charge is 0.449 e. The molecule has 0 bridgehead atoms. The second-order valence-corrected chi connectivity index (χ2v) is 34.0. The van der Waals surface area contributed by atoms with Gasteiger partial charge in [0.25, 0.3) is 41.9 Å². The van der Waals surface area contributed by atoms with Gasteiger partial charge in [0.05, 0.1) is 80.6 Å². The molecule has 31 nitrogen and oxygen atoms in total. The molecular weight excluding hydrogens is 1810 g/mol. The number of aliphatic hydroxyl groups excluding tert-OH is 4. The van der Waals surface area contributed by atoms with Crippen LogP contribution < -0.4 is 40.9 Å². The number of ether oxygens (including phenoxy) is 3. The highest BCUT2D eigenvalue weighted by Crippen LogP contribution is 2.40. The Morgan fingerprint density at radius 2 is 0.752 bits per heavy atom. The summed E-state index contributed by atoms with van der Waals surface area (Å²) in [7, 11) is 0. The number of fused-ring (bicyclic) bond motifs is 4. The Morgan fingerprint density at radius 1 is 0.401 bits per heavy atom. The van der Waals surface area contributed by atoms with E-state index in [0.717, 1.165) is 61.4 Å². The predicted octanol–water partition coefficient (Wildman–Crippen LogP) is 16.6. The molecule has 4 fully saturated rings. The molecule has 8 N–H and O–H groups in total. The molecule has 42 heteroatoms. The van der Waals surface area contributed by atoms with Crippen LogP contribution in [0.1, 0.15) is 163 Å². The van der Waals surface area contributed by atoms with Crippen molar-refractivity contribution >= 4 is 138 Å². The van der Waals surface area contributed by atoms with Crippen LogP contribution in [0.15, 0.2) is 170 Å². The van der Waals surface area contributed by atoms with Gasteiger partial charge in [0.15, 0.2) is 0 Å². The lowest BCUT2D eigenvalue weighted by atomic mass is 9.97. The van der Waals surface area contributed by atoms with E-state index in [0.29, 0.717) is 164 Å². The van der Waals surface area contributed by atoms with E-state index in [-0.39, 0.29) is 102 Å². The fraction of sp³-hybridized carbons (Fsp3) is 0.368. The van der Waals surface area contributed by atoms with Crippen LogP contribution in [0.3, 0.4) is 0 Å². The number of morpholine rings is 2. The summed E-state index contributed by atoms with van der Waals surface area (Å²) in [5.41, 5.74) is 1.43. The average molecular weight is 1910 g/mol. The number of carbonyl (C=O) groups excluding carboxylic acids is 8. The van der Waals surface area contributed by atoms with Crippen LogP contribution in [0.25, 0.3) is 44.1 Å². The number of aryl methyl sites for hydroxylation is 4. The Kier molecular flexibility index (Phi) is 31.0. The van der Waals surface area contributed by atoms with Crippen molar-refractivity contribution in [2.24, 2.45) is 0 Å². The minimum atomic E-state index is -4.58. The smallest absolute Gasteiger partial charge is 0.416 e. The van der Waals surface area contributed by atoms with Gasteiger partial charge in [-0.05, 0) is 220 Å². The molecule has 12 aromatic rings. The lowest BCUT2D eigenvalue weighted by Gasteiger charge is -2.41. The second-order valence-electron chi connectivity index (χ2n) is 34.0. The Bertz CT molecular complexity index is 6490. The molecule has 4 aromatic heterocycles. The number of aliphatic hydroxyl groups is 4. The van der Waals surface area contributed by atoms with Crippen molar-refractivity contribution in [3.8, 4) is 0 Å². The van der Waals surface area contributed by atoms with Gasteiger partial charge in [-0.2, -0.15) is 39.5 Å². The normalized spacial score (nSPS) is 15.6. The maximum absolute atomic E-state index is 13.1. The van der Waals surface area contributed by atoms with E-state index in [9.17, 15) is 107 Å². The highest BCUT2D eigenvalue weighted by atomic mass is 19.4. The minimum absolute atomic E-state index is 0.0402. The molecule has 137 heavy (non-hydrogen) atoms. The van der Waals surface area contributed by atoms with E-state index < -0.39 is 88.1 Å². The van der Waals surface area contributed by atoms with Gasteiger partial charge in [-0.1, -0.05) is 30.3 Å². The zero-order valence-corrected chi connectivity index (χ0v) is 75.1. The van der Waals surface area contributed by atoms with Crippen LogP contribution in [0.5, 0.6) is 0 Å². The van der Waals surface area contributed by atoms with Crippen molar-refractivity contribution < 1.29 is 121 Å². The van der Waals surface area contributed by atoms with Gasteiger partial charge in [0.1, 0.15) is 11.2 Å². The summed E-state index contributed by atoms with van der Waals surface area (Å²) < 4.78 is 167. The Labute approximate surface area is 776 Å².